The number of halogens is 4. The monoisotopic (exact) mass is 345 g/mol. The van der Waals surface area contributed by atoms with Crippen LogP contribution in [0, 0.1) is 11.6 Å². The molecule has 0 aliphatic rings. The summed E-state index contributed by atoms with van der Waals surface area (Å²) in [4.78, 5) is 11.9. The Labute approximate surface area is 121 Å². The summed E-state index contributed by atoms with van der Waals surface area (Å²) in [5, 5.41) is 2.48. The number of anilines is 1. The fraction of sp³-hybridized carbons (Fsp3) is 0. The van der Waals surface area contributed by atoms with Crippen LogP contribution in [0.1, 0.15) is 10.4 Å². The molecule has 0 radical (unpaired) electrons. The van der Waals surface area contributed by atoms with E-state index in [9.17, 15) is 13.6 Å². The summed E-state index contributed by atoms with van der Waals surface area (Å²) in [5.74, 6) is -1.61. The van der Waals surface area contributed by atoms with Crippen molar-refractivity contribution in [2.24, 2.45) is 0 Å². The molecule has 0 bridgehead atoms. The van der Waals surface area contributed by atoms with Gasteiger partial charge < -0.3 is 5.32 Å². The number of amides is 1. The van der Waals surface area contributed by atoms with Crippen LogP contribution in [0.25, 0.3) is 0 Å². The number of nitrogens with one attached hydrogen (secondary N) is 1. The molecule has 0 unspecified atom stereocenters. The van der Waals surface area contributed by atoms with Crippen molar-refractivity contribution in [3.8, 4) is 0 Å². The summed E-state index contributed by atoms with van der Waals surface area (Å²) >= 11 is 8.66. The maximum atomic E-state index is 13.2. The number of hydrogen-bond donors (Lipinski definition) is 1. The minimum atomic E-state index is -0.674. The zero-order valence-corrected chi connectivity index (χ0v) is 11.7. The Kier molecular flexibility index (Phi) is 4.17. The topological polar surface area (TPSA) is 29.1 Å². The smallest absolute Gasteiger partial charge is 0.255 e. The van der Waals surface area contributed by atoms with E-state index in [1.165, 1.54) is 30.3 Å². The van der Waals surface area contributed by atoms with Crippen LogP contribution < -0.4 is 5.32 Å². The number of rotatable bonds is 2. The Balaban J connectivity index is 2.23. The second-order valence-corrected chi connectivity index (χ2v) is 4.97. The van der Waals surface area contributed by atoms with Crippen molar-refractivity contribution in [2.45, 2.75) is 0 Å². The fourth-order valence-electron chi connectivity index (χ4n) is 1.42. The maximum absolute atomic E-state index is 13.2. The predicted molar refractivity (Wildman–Crippen MR) is 73.5 cm³/mol. The van der Waals surface area contributed by atoms with Crippen molar-refractivity contribution >= 4 is 39.1 Å². The quantitative estimate of drug-likeness (QED) is 0.844. The van der Waals surface area contributed by atoms with Crippen LogP contribution in [-0.4, -0.2) is 5.91 Å². The highest BCUT2D eigenvalue weighted by Gasteiger charge is 2.11. The van der Waals surface area contributed by atoms with Crippen LogP contribution in [0.4, 0.5) is 14.5 Å². The van der Waals surface area contributed by atoms with Crippen LogP contribution in [0.3, 0.4) is 0 Å². The van der Waals surface area contributed by atoms with Gasteiger partial charge in [-0.25, -0.2) is 8.78 Å². The molecule has 0 atom stereocenters. The van der Waals surface area contributed by atoms with E-state index in [0.717, 1.165) is 6.07 Å². The van der Waals surface area contributed by atoms with Gasteiger partial charge in [0.05, 0.1) is 10.7 Å². The van der Waals surface area contributed by atoms with Gasteiger partial charge in [0.15, 0.2) is 0 Å². The molecular weight excluding hydrogens is 340 g/mol. The van der Waals surface area contributed by atoms with Gasteiger partial charge in [0.2, 0.25) is 0 Å². The third kappa shape index (κ3) is 3.30. The summed E-state index contributed by atoms with van der Waals surface area (Å²) in [5.41, 5.74) is 0.514. The van der Waals surface area contributed by atoms with Crippen molar-refractivity contribution < 1.29 is 13.6 Å². The van der Waals surface area contributed by atoms with Gasteiger partial charge in [-0.1, -0.05) is 11.6 Å². The second kappa shape index (κ2) is 5.67. The van der Waals surface area contributed by atoms with Crippen LogP contribution in [0.15, 0.2) is 40.9 Å². The van der Waals surface area contributed by atoms with E-state index in [-0.39, 0.29) is 10.6 Å². The van der Waals surface area contributed by atoms with E-state index < -0.39 is 17.5 Å². The molecule has 1 amide bonds. The number of carbonyl (C=O) groups excluding carboxylic acids is 1. The first-order chi connectivity index (χ1) is 8.97. The Bertz CT molecular complexity index is 649. The van der Waals surface area contributed by atoms with Gasteiger partial charge in [-0.05, 0) is 52.3 Å². The molecule has 2 aromatic carbocycles. The van der Waals surface area contributed by atoms with Gasteiger partial charge in [-0.15, -0.1) is 0 Å². The first-order valence-corrected chi connectivity index (χ1v) is 6.36. The van der Waals surface area contributed by atoms with E-state index in [4.69, 9.17) is 11.6 Å². The molecule has 0 spiro atoms. The number of benzene rings is 2. The molecule has 2 rings (SSSR count). The van der Waals surface area contributed by atoms with E-state index in [2.05, 4.69) is 21.2 Å². The average molecular weight is 347 g/mol. The predicted octanol–water partition coefficient (Wildman–Crippen LogP) is 4.63. The van der Waals surface area contributed by atoms with E-state index in [1.54, 1.807) is 0 Å². The lowest BCUT2D eigenvalue weighted by molar-refractivity contribution is 0.102. The van der Waals surface area contributed by atoms with Crippen LogP contribution >= 0.6 is 27.5 Å². The molecule has 6 heteroatoms. The van der Waals surface area contributed by atoms with Crippen molar-refractivity contribution in [3.63, 3.8) is 0 Å². The molecule has 2 nitrogen and oxygen atoms in total. The summed E-state index contributed by atoms with van der Waals surface area (Å²) < 4.78 is 26.5. The summed E-state index contributed by atoms with van der Waals surface area (Å²) in [7, 11) is 0. The lowest BCUT2D eigenvalue weighted by Crippen LogP contribution is -2.12. The van der Waals surface area contributed by atoms with Gasteiger partial charge in [0, 0.05) is 10.0 Å². The molecule has 19 heavy (non-hydrogen) atoms. The molecule has 0 saturated carbocycles. The van der Waals surface area contributed by atoms with Gasteiger partial charge >= 0.3 is 0 Å². The zero-order valence-electron chi connectivity index (χ0n) is 9.38. The summed E-state index contributed by atoms with van der Waals surface area (Å²) in [6.45, 7) is 0. The summed E-state index contributed by atoms with van der Waals surface area (Å²) in [6, 6.07) is 7.57. The lowest BCUT2D eigenvalue weighted by Gasteiger charge is -2.07. The first kappa shape index (κ1) is 14.0. The molecule has 1 N–H and O–H groups in total. The average Bonchev–Trinajstić information content (AvgIpc) is 2.36. The third-order valence-electron chi connectivity index (χ3n) is 2.36. The molecular formula is C13H7BrClF2NO. The van der Waals surface area contributed by atoms with Crippen molar-refractivity contribution in [2.75, 3.05) is 5.32 Å². The molecule has 0 fully saturated rings. The molecule has 0 aromatic heterocycles. The van der Waals surface area contributed by atoms with Crippen molar-refractivity contribution in [1.82, 2.24) is 0 Å². The van der Waals surface area contributed by atoms with Gasteiger partial charge in [0.25, 0.3) is 5.91 Å². The lowest BCUT2D eigenvalue weighted by atomic mass is 10.2. The maximum Gasteiger partial charge on any atom is 0.255 e. The normalized spacial score (nSPS) is 10.3. The summed E-state index contributed by atoms with van der Waals surface area (Å²) in [6.07, 6.45) is 0. The standard InChI is InChI=1S/C13H7BrClF2NO/c14-9-6-8(16)2-4-12(9)18-13(19)7-1-3-10(15)11(17)5-7/h1-6H,(H,18,19). The van der Waals surface area contributed by atoms with Crippen LogP contribution in [0.5, 0.6) is 0 Å². The SMILES string of the molecule is O=C(Nc1ccc(F)cc1Br)c1ccc(Cl)c(F)c1. The first-order valence-electron chi connectivity index (χ1n) is 5.19. The highest BCUT2D eigenvalue weighted by molar-refractivity contribution is 9.10. The largest absolute Gasteiger partial charge is 0.321 e. The molecule has 2 aromatic rings. The molecule has 0 heterocycles. The van der Waals surface area contributed by atoms with E-state index >= 15 is 0 Å². The van der Waals surface area contributed by atoms with E-state index in [1.807, 2.05) is 0 Å². The highest BCUT2D eigenvalue weighted by Crippen LogP contribution is 2.24. The van der Waals surface area contributed by atoms with E-state index in [0.29, 0.717) is 10.2 Å². The molecule has 0 aliphatic carbocycles. The van der Waals surface area contributed by atoms with Crippen LogP contribution in [-0.2, 0) is 0 Å². The van der Waals surface area contributed by atoms with Gasteiger partial charge in [-0.2, -0.15) is 0 Å². The van der Waals surface area contributed by atoms with Crippen LogP contribution in [0.2, 0.25) is 5.02 Å². The Hall–Kier alpha value is -1.46. The molecule has 98 valence electrons. The van der Waals surface area contributed by atoms with Gasteiger partial charge in [0.1, 0.15) is 11.6 Å². The Morgan fingerprint density at radius 3 is 2.53 bits per heavy atom. The Morgan fingerprint density at radius 1 is 1.16 bits per heavy atom. The van der Waals surface area contributed by atoms with Crippen molar-refractivity contribution in [3.05, 3.63) is 63.1 Å². The minimum Gasteiger partial charge on any atom is -0.321 e. The molecule has 0 aliphatic heterocycles. The van der Waals surface area contributed by atoms with Crippen molar-refractivity contribution in [1.29, 1.82) is 0 Å². The number of hydrogen-bond acceptors (Lipinski definition) is 1. The number of carbonyl (C=O) groups is 1. The highest BCUT2D eigenvalue weighted by atomic mass is 79.9. The van der Waals surface area contributed by atoms with Gasteiger partial charge in [-0.3, -0.25) is 4.79 Å². The zero-order chi connectivity index (χ0) is 14.0. The third-order valence-corrected chi connectivity index (χ3v) is 3.32. The Morgan fingerprint density at radius 2 is 1.89 bits per heavy atom. The fourth-order valence-corrected chi connectivity index (χ4v) is 1.99. The second-order valence-electron chi connectivity index (χ2n) is 3.71. The minimum absolute atomic E-state index is 0.0560. The molecule has 0 saturated heterocycles.